The molecule has 9 heteroatoms. The normalized spacial score (nSPS) is 10.8. The van der Waals surface area contributed by atoms with Gasteiger partial charge in [0.25, 0.3) is 23.4 Å². The summed E-state index contributed by atoms with van der Waals surface area (Å²) in [5, 5.41) is 19.3. The summed E-state index contributed by atoms with van der Waals surface area (Å²) in [6, 6.07) is 24.5. The smallest absolute Gasteiger partial charge is 0.269 e. The second-order valence-corrected chi connectivity index (χ2v) is 10.5. The maximum Gasteiger partial charge on any atom is 0.269 e. The van der Waals surface area contributed by atoms with Crippen LogP contribution in [0.5, 0.6) is 0 Å². The summed E-state index contributed by atoms with van der Waals surface area (Å²) < 4.78 is 0. The van der Waals surface area contributed by atoms with Crippen molar-refractivity contribution in [1.29, 1.82) is 0 Å². The molecule has 42 heavy (non-hydrogen) atoms. The van der Waals surface area contributed by atoms with Gasteiger partial charge in [0.1, 0.15) is 0 Å². The molecule has 4 rings (SSSR count). The molecule has 214 valence electrons. The highest BCUT2D eigenvalue weighted by atomic mass is 16.6. The van der Waals surface area contributed by atoms with E-state index >= 15 is 0 Å². The Morgan fingerprint density at radius 1 is 0.548 bits per heavy atom. The summed E-state index contributed by atoms with van der Waals surface area (Å²) in [6.07, 6.45) is 0. The Kier molecular flexibility index (Phi) is 9.12. The van der Waals surface area contributed by atoms with Gasteiger partial charge in [-0.15, -0.1) is 0 Å². The maximum atomic E-state index is 13.3. The summed E-state index contributed by atoms with van der Waals surface area (Å²) in [5.74, 6) is -0.799. The average molecular weight is 565 g/mol. The van der Waals surface area contributed by atoms with E-state index in [0.29, 0.717) is 23.2 Å². The molecule has 0 aromatic heterocycles. The number of hydrogen-bond acceptors (Lipinski definition) is 5. The SMILES string of the molecule is CC(C)c1ccc(NC(=O)c2cc(NC(=O)c3ccc([N+](=O)[O-])cc3)cc(C(=O)Nc3ccc(C(C)C)cc3)c2)cc1. The van der Waals surface area contributed by atoms with Gasteiger partial charge in [-0.25, -0.2) is 0 Å². The van der Waals surface area contributed by atoms with Crippen molar-refractivity contribution in [2.75, 3.05) is 16.0 Å². The standard InChI is InChI=1S/C33H32N4O5/c1-20(2)22-5-11-27(12-6-22)34-32(39)25-17-26(33(40)35-28-13-7-23(8-14-28)21(3)4)19-29(18-25)36-31(38)24-9-15-30(16-10-24)37(41)42/h5-21H,1-4H3,(H,34,39)(H,35,40)(H,36,38). The molecule has 0 aliphatic rings. The van der Waals surface area contributed by atoms with Crippen molar-refractivity contribution in [2.45, 2.75) is 39.5 Å². The van der Waals surface area contributed by atoms with Gasteiger partial charge >= 0.3 is 0 Å². The van der Waals surface area contributed by atoms with Crippen molar-refractivity contribution >= 4 is 40.5 Å². The van der Waals surface area contributed by atoms with Crippen LogP contribution in [0.3, 0.4) is 0 Å². The lowest BCUT2D eigenvalue weighted by Crippen LogP contribution is -2.18. The maximum absolute atomic E-state index is 13.3. The minimum atomic E-state index is -0.554. The number of rotatable bonds is 9. The van der Waals surface area contributed by atoms with E-state index in [-0.39, 0.29) is 28.1 Å². The predicted octanol–water partition coefficient (Wildman–Crippen LogP) is 7.60. The first kappa shape index (κ1) is 29.7. The first-order valence-corrected chi connectivity index (χ1v) is 13.5. The molecule has 4 aromatic carbocycles. The Morgan fingerprint density at radius 3 is 1.31 bits per heavy atom. The number of nitro benzene ring substituents is 1. The highest BCUT2D eigenvalue weighted by Crippen LogP contribution is 2.23. The van der Waals surface area contributed by atoms with Crippen molar-refractivity contribution < 1.29 is 19.3 Å². The molecule has 3 N–H and O–H groups in total. The number of anilines is 3. The second-order valence-electron chi connectivity index (χ2n) is 10.5. The van der Waals surface area contributed by atoms with Crippen LogP contribution in [0.2, 0.25) is 0 Å². The van der Waals surface area contributed by atoms with Gasteiger partial charge in [0.15, 0.2) is 0 Å². The number of nitrogens with one attached hydrogen (secondary N) is 3. The molecule has 0 atom stereocenters. The van der Waals surface area contributed by atoms with E-state index in [1.165, 1.54) is 42.5 Å². The molecule has 4 aromatic rings. The molecule has 0 unspecified atom stereocenters. The molecule has 0 bridgehead atoms. The molecule has 0 spiro atoms. The Labute approximate surface area is 244 Å². The summed E-state index contributed by atoms with van der Waals surface area (Å²) in [6.45, 7) is 8.31. The van der Waals surface area contributed by atoms with Gasteiger partial charge in [-0.1, -0.05) is 52.0 Å². The number of hydrogen-bond donors (Lipinski definition) is 3. The summed E-state index contributed by atoms with van der Waals surface area (Å²) >= 11 is 0. The minimum Gasteiger partial charge on any atom is -0.322 e. The van der Waals surface area contributed by atoms with E-state index in [4.69, 9.17) is 0 Å². The topological polar surface area (TPSA) is 130 Å². The van der Waals surface area contributed by atoms with Gasteiger partial charge in [0.2, 0.25) is 0 Å². The van der Waals surface area contributed by atoms with Gasteiger partial charge < -0.3 is 16.0 Å². The highest BCUT2D eigenvalue weighted by Gasteiger charge is 2.17. The van der Waals surface area contributed by atoms with Crippen LogP contribution >= 0.6 is 0 Å². The number of nitro groups is 1. The van der Waals surface area contributed by atoms with E-state index < -0.39 is 22.6 Å². The first-order valence-electron chi connectivity index (χ1n) is 13.5. The molecule has 0 radical (unpaired) electrons. The Bertz CT molecular complexity index is 1530. The Morgan fingerprint density at radius 2 is 0.929 bits per heavy atom. The zero-order valence-electron chi connectivity index (χ0n) is 23.8. The van der Waals surface area contributed by atoms with Crippen molar-refractivity contribution in [3.05, 3.63) is 129 Å². The molecular formula is C33H32N4O5. The number of benzene rings is 4. The number of carbonyl (C=O) groups excluding carboxylic acids is 3. The molecule has 0 aliphatic carbocycles. The number of carbonyl (C=O) groups is 3. The molecular weight excluding hydrogens is 532 g/mol. The predicted molar refractivity (Wildman–Crippen MR) is 164 cm³/mol. The van der Waals surface area contributed by atoms with E-state index in [1.54, 1.807) is 0 Å². The van der Waals surface area contributed by atoms with Crippen LogP contribution in [0.1, 0.15) is 81.7 Å². The molecule has 9 nitrogen and oxygen atoms in total. The fourth-order valence-corrected chi connectivity index (χ4v) is 4.21. The van der Waals surface area contributed by atoms with E-state index in [1.807, 2.05) is 48.5 Å². The van der Waals surface area contributed by atoms with Crippen molar-refractivity contribution in [3.8, 4) is 0 Å². The van der Waals surface area contributed by atoms with Crippen LogP contribution in [0.4, 0.5) is 22.7 Å². The Hall–Kier alpha value is -5.31. The fraction of sp³-hybridized carbons (Fsp3) is 0.182. The highest BCUT2D eigenvalue weighted by molar-refractivity contribution is 6.11. The van der Waals surface area contributed by atoms with E-state index in [2.05, 4.69) is 43.6 Å². The molecule has 0 saturated carbocycles. The molecule has 0 saturated heterocycles. The summed E-state index contributed by atoms with van der Waals surface area (Å²) in [4.78, 5) is 49.9. The summed E-state index contributed by atoms with van der Waals surface area (Å²) in [7, 11) is 0. The van der Waals surface area contributed by atoms with Crippen molar-refractivity contribution in [2.24, 2.45) is 0 Å². The fourth-order valence-electron chi connectivity index (χ4n) is 4.21. The first-order chi connectivity index (χ1) is 20.0. The number of non-ortho nitro benzene ring substituents is 1. The van der Waals surface area contributed by atoms with Gasteiger partial charge in [-0.2, -0.15) is 0 Å². The zero-order valence-corrected chi connectivity index (χ0v) is 23.8. The third kappa shape index (κ3) is 7.45. The van der Waals surface area contributed by atoms with Crippen LogP contribution in [0, 0.1) is 10.1 Å². The second kappa shape index (κ2) is 12.9. The molecule has 3 amide bonds. The summed E-state index contributed by atoms with van der Waals surface area (Å²) in [5.41, 5.74) is 3.98. The van der Waals surface area contributed by atoms with Crippen LogP contribution in [0.15, 0.2) is 91.0 Å². The van der Waals surface area contributed by atoms with Gasteiger partial charge in [0, 0.05) is 45.9 Å². The largest absolute Gasteiger partial charge is 0.322 e. The minimum absolute atomic E-state index is 0.146. The van der Waals surface area contributed by atoms with Gasteiger partial charge in [0.05, 0.1) is 4.92 Å². The number of nitrogens with zero attached hydrogens (tertiary/aromatic N) is 1. The van der Waals surface area contributed by atoms with Crippen LogP contribution in [-0.2, 0) is 0 Å². The Balaban J connectivity index is 1.61. The van der Waals surface area contributed by atoms with Crippen molar-refractivity contribution in [1.82, 2.24) is 0 Å². The van der Waals surface area contributed by atoms with Crippen LogP contribution in [-0.4, -0.2) is 22.6 Å². The van der Waals surface area contributed by atoms with E-state index in [9.17, 15) is 24.5 Å². The lowest BCUT2D eigenvalue weighted by atomic mass is 10.0. The average Bonchev–Trinajstić information content (AvgIpc) is 2.97. The van der Waals surface area contributed by atoms with Crippen LogP contribution < -0.4 is 16.0 Å². The molecule has 0 aliphatic heterocycles. The quantitative estimate of drug-likeness (QED) is 0.142. The van der Waals surface area contributed by atoms with Crippen LogP contribution in [0.25, 0.3) is 0 Å². The zero-order chi connectivity index (χ0) is 30.4. The lowest BCUT2D eigenvalue weighted by Gasteiger charge is -2.13. The third-order valence-corrected chi connectivity index (χ3v) is 6.73. The van der Waals surface area contributed by atoms with Gasteiger partial charge in [-0.05, 0) is 77.6 Å². The molecule has 0 heterocycles. The third-order valence-electron chi connectivity index (χ3n) is 6.73. The number of amides is 3. The lowest BCUT2D eigenvalue weighted by molar-refractivity contribution is -0.384. The molecule has 0 fully saturated rings. The van der Waals surface area contributed by atoms with Gasteiger partial charge in [-0.3, -0.25) is 24.5 Å². The monoisotopic (exact) mass is 564 g/mol. The van der Waals surface area contributed by atoms with E-state index in [0.717, 1.165) is 11.1 Å². The van der Waals surface area contributed by atoms with Crippen molar-refractivity contribution in [3.63, 3.8) is 0 Å².